The Balaban J connectivity index is 2.03. The van der Waals surface area contributed by atoms with E-state index in [0.29, 0.717) is 6.42 Å². The maximum Gasteiger partial charge on any atom is 0.126 e. The van der Waals surface area contributed by atoms with Crippen LogP contribution in [-0.2, 0) is 6.42 Å². The average molecular weight is 278 g/mol. The number of rotatable bonds is 4. The molecule has 0 amide bonds. The number of hydrogen-bond acceptors (Lipinski definition) is 1. The van der Waals surface area contributed by atoms with Crippen molar-refractivity contribution >= 4 is 17.3 Å². The molecule has 2 aromatic carbocycles. The molecule has 0 aliphatic carbocycles. The molecule has 0 aliphatic rings. The predicted molar refractivity (Wildman–Crippen MR) is 79.4 cm³/mol. The van der Waals surface area contributed by atoms with Crippen molar-refractivity contribution in [2.24, 2.45) is 0 Å². The lowest BCUT2D eigenvalue weighted by Crippen LogP contribution is -2.18. The quantitative estimate of drug-likeness (QED) is 0.844. The number of anilines is 1. The van der Waals surface area contributed by atoms with Crippen LogP contribution in [0.4, 0.5) is 10.1 Å². The van der Waals surface area contributed by atoms with Gasteiger partial charge in [0.25, 0.3) is 0 Å². The zero-order valence-electron chi connectivity index (χ0n) is 11.1. The molecular weight excluding hydrogens is 261 g/mol. The minimum Gasteiger partial charge on any atom is -0.382 e. The Labute approximate surface area is 118 Å². The van der Waals surface area contributed by atoms with E-state index < -0.39 is 0 Å². The van der Waals surface area contributed by atoms with Crippen LogP contribution in [-0.4, -0.2) is 6.04 Å². The average Bonchev–Trinajstić information content (AvgIpc) is 2.37. The third kappa shape index (κ3) is 3.71. The molecule has 1 unspecified atom stereocenters. The zero-order chi connectivity index (χ0) is 13.8. The molecule has 0 bridgehead atoms. The third-order valence-electron chi connectivity index (χ3n) is 3.07. The first kappa shape index (κ1) is 13.9. The first-order chi connectivity index (χ1) is 9.06. The fraction of sp³-hybridized carbons (Fsp3) is 0.250. The number of aryl methyl sites for hydroxylation is 1. The molecule has 0 aliphatic heterocycles. The van der Waals surface area contributed by atoms with E-state index in [4.69, 9.17) is 11.6 Å². The summed E-state index contributed by atoms with van der Waals surface area (Å²) in [6.45, 7) is 4.00. The second-order valence-corrected chi connectivity index (χ2v) is 5.21. The third-order valence-corrected chi connectivity index (χ3v) is 3.48. The second kappa shape index (κ2) is 6.07. The lowest BCUT2D eigenvalue weighted by Gasteiger charge is -2.16. The Morgan fingerprint density at radius 1 is 1.21 bits per heavy atom. The molecule has 0 heterocycles. The van der Waals surface area contributed by atoms with Crippen LogP contribution in [0.15, 0.2) is 42.5 Å². The van der Waals surface area contributed by atoms with Gasteiger partial charge in [0.05, 0.1) is 0 Å². The molecule has 2 aromatic rings. The summed E-state index contributed by atoms with van der Waals surface area (Å²) in [5.41, 5.74) is 2.73. The van der Waals surface area contributed by atoms with Crippen molar-refractivity contribution in [3.8, 4) is 0 Å². The summed E-state index contributed by atoms with van der Waals surface area (Å²) >= 11 is 6.08. The largest absolute Gasteiger partial charge is 0.382 e. The predicted octanol–water partition coefficient (Wildman–Crippen LogP) is 4.83. The Hall–Kier alpha value is -1.54. The summed E-state index contributed by atoms with van der Waals surface area (Å²) in [6.07, 6.45) is 0.637. The van der Waals surface area contributed by atoms with E-state index in [2.05, 4.69) is 5.32 Å². The van der Waals surface area contributed by atoms with Gasteiger partial charge in [0.2, 0.25) is 0 Å². The SMILES string of the molecule is Cc1ccc(NC(C)Cc2ccccc2F)cc1Cl. The van der Waals surface area contributed by atoms with Crippen LogP contribution in [0.2, 0.25) is 5.02 Å². The van der Waals surface area contributed by atoms with E-state index in [9.17, 15) is 4.39 Å². The van der Waals surface area contributed by atoms with E-state index in [0.717, 1.165) is 21.8 Å². The van der Waals surface area contributed by atoms with E-state index >= 15 is 0 Å². The highest BCUT2D eigenvalue weighted by molar-refractivity contribution is 6.31. The number of benzene rings is 2. The van der Waals surface area contributed by atoms with Crippen molar-refractivity contribution in [3.05, 3.63) is 64.4 Å². The lowest BCUT2D eigenvalue weighted by molar-refractivity contribution is 0.601. The van der Waals surface area contributed by atoms with Crippen LogP contribution in [0.5, 0.6) is 0 Å². The number of hydrogen-bond donors (Lipinski definition) is 1. The number of halogens is 2. The summed E-state index contributed by atoms with van der Waals surface area (Å²) in [7, 11) is 0. The first-order valence-corrected chi connectivity index (χ1v) is 6.70. The Morgan fingerprint density at radius 2 is 1.95 bits per heavy atom. The van der Waals surface area contributed by atoms with Crippen LogP contribution in [0.25, 0.3) is 0 Å². The summed E-state index contributed by atoms with van der Waals surface area (Å²) in [4.78, 5) is 0. The van der Waals surface area contributed by atoms with E-state index in [1.165, 1.54) is 6.07 Å². The van der Waals surface area contributed by atoms with Crippen molar-refractivity contribution in [3.63, 3.8) is 0 Å². The van der Waals surface area contributed by atoms with Gasteiger partial charge in [-0.3, -0.25) is 0 Å². The lowest BCUT2D eigenvalue weighted by atomic mass is 10.1. The summed E-state index contributed by atoms with van der Waals surface area (Å²) in [6, 6.07) is 12.9. The highest BCUT2D eigenvalue weighted by atomic mass is 35.5. The smallest absolute Gasteiger partial charge is 0.126 e. The van der Waals surface area contributed by atoms with Gasteiger partial charge in [0.1, 0.15) is 5.82 Å². The van der Waals surface area contributed by atoms with E-state index in [1.54, 1.807) is 6.07 Å². The molecule has 1 atom stereocenters. The van der Waals surface area contributed by atoms with Crippen molar-refractivity contribution < 1.29 is 4.39 Å². The second-order valence-electron chi connectivity index (χ2n) is 4.80. The minimum atomic E-state index is -0.155. The van der Waals surface area contributed by atoms with Crippen molar-refractivity contribution in [2.75, 3.05) is 5.32 Å². The topological polar surface area (TPSA) is 12.0 Å². The molecular formula is C16H17ClFN. The highest BCUT2D eigenvalue weighted by Crippen LogP contribution is 2.21. The zero-order valence-corrected chi connectivity index (χ0v) is 11.8. The molecule has 1 N–H and O–H groups in total. The molecule has 0 spiro atoms. The van der Waals surface area contributed by atoms with Gasteiger partial charge in [-0.05, 0) is 49.6 Å². The fourth-order valence-electron chi connectivity index (χ4n) is 2.01. The van der Waals surface area contributed by atoms with Crippen LogP contribution in [0.1, 0.15) is 18.1 Å². The molecule has 100 valence electrons. The van der Waals surface area contributed by atoms with Gasteiger partial charge in [0, 0.05) is 16.8 Å². The Morgan fingerprint density at radius 3 is 2.63 bits per heavy atom. The van der Waals surface area contributed by atoms with Crippen LogP contribution in [0, 0.1) is 12.7 Å². The van der Waals surface area contributed by atoms with Crippen LogP contribution >= 0.6 is 11.6 Å². The van der Waals surface area contributed by atoms with E-state index in [1.807, 2.05) is 44.2 Å². The van der Waals surface area contributed by atoms with Gasteiger partial charge in [0.15, 0.2) is 0 Å². The molecule has 0 saturated heterocycles. The van der Waals surface area contributed by atoms with Gasteiger partial charge in [-0.2, -0.15) is 0 Å². The molecule has 0 fully saturated rings. The summed E-state index contributed by atoms with van der Waals surface area (Å²) in [5, 5.41) is 4.07. The van der Waals surface area contributed by atoms with Gasteiger partial charge < -0.3 is 5.32 Å². The molecule has 0 radical (unpaired) electrons. The maximum absolute atomic E-state index is 13.6. The van der Waals surface area contributed by atoms with Crippen molar-refractivity contribution in [1.82, 2.24) is 0 Å². The Kier molecular flexibility index (Phi) is 4.43. The summed E-state index contributed by atoms with van der Waals surface area (Å²) in [5.74, 6) is -0.155. The van der Waals surface area contributed by atoms with Crippen molar-refractivity contribution in [1.29, 1.82) is 0 Å². The molecule has 3 heteroatoms. The van der Waals surface area contributed by atoms with Gasteiger partial charge >= 0.3 is 0 Å². The highest BCUT2D eigenvalue weighted by Gasteiger charge is 2.08. The van der Waals surface area contributed by atoms with E-state index in [-0.39, 0.29) is 11.9 Å². The number of nitrogens with one attached hydrogen (secondary N) is 1. The monoisotopic (exact) mass is 277 g/mol. The molecule has 0 saturated carbocycles. The minimum absolute atomic E-state index is 0.135. The fourth-order valence-corrected chi connectivity index (χ4v) is 2.19. The molecule has 19 heavy (non-hydrogen) atoms. The Bertz CT molecular complexity index is 568. The van der Waals surface area contributed by atoms with Gasteiger partial charge in [-0.25, -0.2) is 4.39 Å². The normalized spacial score (nSPS) is 12.2. The molecule has 1 nitrogen and oxygen atoms in total. The molecule has 2 rings (SSSR count). The van der Waals surface area contributed by atoms with Gasteiger partial charge in [-0.15, -0.1) is 0 Å². The maximum atomic E-state index is 13.6. The first-order valence-electron chi connectivity index (χ1n) is 6.32. The molecule has 0 aromatic heterocycles. The summed E-state index contributed by atoms with van der Waals surface area (Å²) < 4.78 is 13.6. The van der Waals surface area contributed by atoms with Crippen molar-refractivity contribution in [2.45, 2.75) is 26.3 Å². The van der Waals surface area contributed by atoms with Gasteiger partial charge in [-0.1, -0.05) is 35.9 Å². The standard InChI is InChI=1S/C16H17ClFN/c1-11-7-8-14(10-15(11)17)19-12(2)9-13-5-3-4-6-16(13)18/h3-8,10,12,19H,9H2,1-2H3. The van der Waals surface area contributed by atoms with Crippen LogP contribution < -0.4 is 5.32 Å². The van der Waals surface area contributed by atoms with Crippen LogP contribution in [0.3, 0.4) is 0 Å².